The monoisotopic (exact) mass is 427 g/mol. The van der Waals surface area contributed by atoms with Crippen LogP contribution in [0.1, 0.15) is 42.2 Å². The molecular weight excluding hydrogens is 402 g/mol. The molecule has 0 aliphatic heterocycles. The molecule has 0 radical (unpaired) electrons. The van der Waals surface area contributed by atoms with Crippen molar-refractivity contribution >= 4 is 44.9 Å². The van der Waals surface area contributed by atoms with E-state index in [0.29, 0.717) is 5.16 Å². The highest BCUT2D eigenvalue weighted by Crippen LogP contribution is 2.34. The van der Waals surface area contributed by atoms with Crippen LogP contribution in [0.25, 0.3) is 10.2 Å². The van der Waals surface area contributed by atoms with Crippen molar-refractivity contribution in [3.8, 4) is 0 Å². The molecule has 5 nitrogen and oxygen atoms in total. The van der Waals surface area contributed by atoms with Crippen LogP contribution >= 0.6 is 23.1 Å². The zero-order valence-corrected chi connectivity index (χ0v) is 18.6. The molecular formula is C22H25N3O2S2. The molecule has 1 aliphatic carbocycles. The fourth-order valence-electron chi connectivity index (χ4n) is 3.89. The molecule has 1 fully saturated rings. The van der Waals surface area contributed by atoms with E-state index in [1.807, 2.05) is 48.7 Å². The maximum absolute atomic E-state index is 13.4. The highest BCUT2D eigenvalue weighted by atomic mass is 32.2. The number of carbonyl (C=O) groups is 1. The van der Waals surface area contributed by atoms with Gasteiger partial charge < -0.3 is 4.90 Å². The maximum atomic E-state index is 13.4. The number of hydrogen-bond donors (Lipinski definition) is 0. The van der Waals surface area contributed by atoms with Crippen molar-refractivity contribution in [2.45, 2.75) is 50.7 Å². The van der Waals surface area contributed by atoms with E-state index in [4.69, 9.17) is 4.98 Å². The lowest BCUT2D eigenvalue weighted by Crippen LogP contribution is -2.29. The van der Waals surface area contributed by atoms with Crippen LogP contribution in [0.4, 0.5) is 5.69 Å². The van der Waals surface area contributed by atoms with E-state index >= 15 is 0 Å². The Kier molecular flexibility index (Phi) is 5.79. The van der Waals surface area contributed by atoms with Gasteiger partial charge in [-0.05, 0) is 44.4 Å². The summed E-state index contributed by atoms with van der Waals surface area (Å²) in [5.41, 5.74) is 1.94. The van der Waals surface area contributed by atoms with Gasteiger partial charge in [-0.3, -0.25) is 14.2 Å². The van der Waals surface area contributed by atoms with Gasteiger partial charge in [0.2, 0.25) is 5.91 Å². The van der Waals surface area contributed by atoms with Crippen molar-refractivity contribution in [1.82, 2.24) is 9.55 Å². The second-order valence-corrected chi connectivity index (χ2v) is 9.69. The van der Waals surface area contributed by atoms with Crippen LogP contribution in [0.5, 0.6) is 0 Å². The molecule has 4 rings (SSSR count). The van der Waals surface area contributed by atoms with Crippen molar-refractivity contribution in [2.75, 3.05) is 17.7 Å². The number of thiophene rings is 1. The second-order valence-electron chi connectivity index (χ2n) is 7.55. The molecule has 1 aromatic carbocycles. The lowest BCUT2D eigenvalue weighted by atomic mass is 10.2. The Morgan fingerprint density at radius 1 is 1.24 bits per heavy atom. The summed E-state index contributed by atoms with van der Waals surface area (Å²) in [4.78, 5) is 34.5. The van der Waals surface area contributed by atoms with Gasteiger partial charge in [0.05, 0.1) is 11.1 Å². The van der Waals surface area contributed by atoms with Gasteiger partial charge >= 0.3 is 0 Å². The van der Waals surface area contributed by atoms with E-state index in [1.165, 1.54) is 11.8 Å². The Balaban J connectivity index is 1.66. The van der Waals surface area contributed by atoms with Crippen molar-refractivity contribution in [3.63, 3.8) is 0 Å². The Bertz CT molecular complexity index is 1100. The van der Waals surface area contributed by atoms with Gasteiger partial charge in [-0.25, -0.2) is 4.98 Å². The zero-order valence-electron chi connectivity index (χ0n) is 17.0. The van der Waals surface area contributed by atoms with E-state index in [-0.39, 0.29) is 23.3 Å². The molecule has 1 saturated carbocycles. The van der Waals surface area contributed by atoms with Crippen LogP contribution in [-0.4, -0.2) is 28.3 Å². The number of benzene rings is 1. The third kappa shape index (κ3) is 3.85. The van der Waals surface area contributed by atoms with Gasteiger partial charge in [0.1, 0.15) is 4.83 Å². The first-order valence-corrected chi connectivity index (χ1v) is 11.7. The van der Waals surface area contributed by atoms with Gasteiger partial charge in [-0.15, -0.1) is 11.3 Å². The summed E-state index contributed by atoms with van der Waals surface area (Å²) >= 11 is 2.94. The quantitative estimate of drug-likeness (QED) is 0.427. The normalized spacial score (nSPS) is 14.6. The van der Waals surface area contributed by atoms with Crippen LogP contribution in [-0.2, 0) is 4.79 Å². The Hall–Kier alpha value is -2.12. The minimum absolute atomic E-state index is 0.00735. The molecule has 152 valence electrons. The average molecular weight is 428 g/mol. The predicted molar refractivity (Wildman–Crippen MR) is 121 cm³/mol. The molecule has 3 aromatic rings. The number of para-hydroxylation sites is 1. The molecule has 2 aromatic heterocycles. The lowest BCUT2D eigenvalue weighted by Gasteiger charge is -2.20. The summed E-state index contributed by atoms with van der Waals surface area (Å²) in [6, 6.07) is 9.78. The van der Waals surface area contributed by atoms with Crippen LogP contribution in [0.15, 0.2) is 40.3 Å². The first-order valence-electron chi connectivity index (χ1n) is 9.94. The molecule has 0 spiro atoms. The SMILES string of the molecule is Cc1sc2nc(SCC(=O)N(C)c3ccccc3)n(C3CCCC3)c(=O)c2c1C. The van der Waals surface area contributed by atoms with Crippen molar-refractivity contribution < 1.29 is 4.79 Å². The Morgan fingerprint density at radius 2 is 1.93 bits per heavy atom. The molecule has 0 N–H and O–H groups in total. The number of thioether (sulfide) groups is 1. The third-order valence-electron chi connectivity index (χ3n) is 5.73. The summed E-state index contributed by atoms with van der Waals surface area (Å²) in [5.74, 6) is 0.242. The van der Waals surface area contributed by atoms with Crippen molar-refractivity contribution in [2.24, 2.45) is 0 Å². The number of nitrogens with zero attached hydrogens (tertiary/aromatic N) is 3. The largest absolute Gasteiger partial charge is 0.315 e. The Labute approximate surface area is 178 Å². The van der Waals surface area contributed by atoms with Crippen LogP contribution in [0, 0.1) is 13.8 Å². The standard InChI is InChI=1S/C22H25N3O2S2/c1-14-15(2)29-20-19(14)21(27)25(17-11-7-8-12-17)22(23-20)28-13-18(26)24(3)16-9-5-4-6-10-16/h4-6,9-10,17H,7-8,11-13H2,1-3H3. The van der Waals surface area contributed by atoms with Gasteiger partial charge in [-0.1, -0.05) is 42.8 Å². The number of fused-ring (bicyclic) bond motifs is 1. The summed E-state index contributed by atoms with van der Waals surface area (Å²) < 4.78 is 1.87. The number of carbonyl (C=O) groups excluding carboxylic acids is 1. The molecule has 2 heterocycles. The number of aryl methyl sites for hydroxylation is 2. The topological polar surface area (TPSA) is 55.2 Å². The first-order chi connectivity index (χ1) is 14.0. The number of aromatic nitrogens is 2. The highest BCUT2D eigenvalue weighted by Gasteiger charge is 2.25. The van der Waals surface area contributed by atoms with E-state index in [9.17, 15) is 9.59 Å². The molecule has 0 atom stereocenters. The van der Waals surface area contributed by atoms with Gasteiger partial charge in [0, 0.05) is 23.7 Å². The zero-order chi connectivity index (χ0) is 20.5. The number of amides is 1. The highest BCUT2D eigenvalue weighted by molar-refractivity contribution is 7.99. The van der Waals surface area contributed by atoms with Crippen molar-refractivity contribution in [1.29, 1.82) is 0 Å². The smallest absolute Gasteiger partial charge is 0.263 e. The predicted octanol–water partition coefficient (Wildman–Crippen LogP) is 4.95. The van der Waals surface area contributed by atoms with E-state index < -0.39 is 0 Å². The maximum Gasteiger partial charge on any atom is 0.263 e. The molecule has 0 bridgehead atoms. The van der Waals surface area contributed by atoms with Crippen molar-refractivity contribution in [3.05, 3.63) is 51.1 Å². The van der Waals surface area contributed by atoms with E-state index in [1.54, 1.807) is 23.3 Å². The minimum Gasteiger partial charge on any atom is -0.315 e. The third-order valence-corrected chi connectivity index (χ3v) is 7.77. The molecule has 1 amide bonds. The number of anilines is 1. The van der Waals surface area contributed by atoms with Crippen LogP contribution in [0.2, 0.25) is 0 Å². The van der Waals surface area contributed by atoms with Gasteiger partial charge in [0.15, 0.2) is 5.16 Å². The minimum atomic E-state index is -0.00735. The second kappa shape index (κ2) is 8.32. The molecule has 29 heavy (non-hydrogen) atoms. The summed E-state index contributed by atoms with van der Waals surface area (Å²) in [6.07, 6.45) is 4.27. The molecule has 7 heteroatoms. The van der Waals surface area contributed by atoms with E-state index in [0.717, 1.165) is 52.0 Å². The first kappa shape index (κ1) is 20.2. The lowest BCUT2D eigenvalue weighted by molar-refractivity contribution is -0.115. The summed E-state index contributed by atoms with van der Waals surface area (Å²) in [7, 11) is 1.78. The summed E-state index contributed by atoms with van der Waals surface area (Å²) in [6.45, 7) is 4.04. The van der Waals surface area contributed by atoms with Gasteiger partial charge in [-0.2, -0.15) is 0 Å². The summed E-state index contributed by atoms with van der Waals surface area (Å²) in [5, 5.41) is 1.42. The molecule has 0 saturated heterocycles. The number of hydrogen-bond acceptors (Lipinski definition) is 5. The van der Waals surface area contributed by atoms with Gasteiger partial charge in [0.25, 0.3) is 5.56 Å². The number of rotatable bonds is 5. The Morgan fingerprint density at radius 3 is 2.62 bits per heavy atom. The average Bonchev–Trinajstić information content (AvgIpc) is 3.34. The fourth-order valence-corrected chi connectivity index (χ4v) is 5.94. The molecule has 1 aliphatic rings. The fraction of sp³-hybridized carbons (Fsp3) is 0.409. The van der Waals surface area contributed by atoms with Crippen LogP contribution in [0.3, 0.4) is 0 Å². The van der Waals surface area contributed by atoms with E-state index in [2.05, 4.69) is 0 Å². The molecule has 0 unspecified atom stereocenters. The van der Waals surface area contributed by atoms with Crippen LogP contribution < -0.4 is 10.5 Å².